The van der Waals surface area contributed by atoms with Gasteiger partial charge in [0.25, 0.3) is 0 Å². The van der Waals surface area contributed by atoms with Crippen molar-refractivity contribution in [1.82, 2.24) is 5.32 Å². The molecule has 0 aromatic carbocycles. The molecule has 1 aromatic rings. The van der Waals surface area contributed by atoms with E-state index in [9.17, 15) is 0 Å². The number of aryl methyl sites for hydroxylation is 1. The molecule has 1 nitrogen and oxygen atoms in total. The van der Waals surface area contributed by atoms with Gasteiger partial charge in [0.2, 0.25) is 0 Å². The maximum Gasteiger partial charge on any atom is 0.0305 e. The first-order valence-corrected chi connectivity index (χ1v) is 5.41. The number of rotatable bonds is 3. The zero-order valence-electron chi connectivity index (χ0n) is 7.63. The standard InChI is InChI=1S/C10H15NS/c1-7-3-4-12-10(7)6-11-9-5-8(9)2/h3-4,8-9,11H,5-6H2,1-2H3. The van der Waals surface area contributed by atoms with Gasteiger partial charge in [-0.1, -0.05) is 6.92 Å². The van der Waals surface area contributed by atoms with Crippen molar-refractivity contribution in [2.45, 2.75) is 32.9 Å². The average molecular weight is 181 g/mol. The SMILES string of the molecule is Cc1ccsc1CNC1CC1C. The molecule has 1 heterocycles. The van der Waals surface area contributed by atoms with E-state index in [2.05, 4.69) is 30.6 Å². The predicted molar refractivity (Wildman–Crippen MR) is 53.5 cm³/mol. The molecule has 1 saturated carbocycles. The summed E-state index contributed by atoms with van der Waals surface area (Å²) in [7, 11) is 0. The summed E-state index contributed by atoms with van der Waals surface area (Å²) >= 11 is 1.86. The molecule has 12 heavy (non-hydrogen) atoms. The van der Waals surface area contributed by atoms with Gasteiger partial charge in [0, 0.05) is 17.5 Å². The molecular weight excluding hydrogens is 166 g/mol. The van der Waals surface area contributed by atoms with Crippen molar-refractivity contribution in [2.75, 3.05) is 0 Å². The minimum Gasteiger partial charge on any atom is -0.309 e. The van der Waals surface area contributed by atoms with E-state index in [0.29, 0.717) is 0 Å². The molecule has 2 atom stereocenters. The Kier molecular flexibility index (Phi) is 2.20. The third-order valence-electron chi connectivity index (χ3n) is 2.60. The maximum absolute atomic E-state index is 3.56. The molecule has 1 N–H and O–H groups in total. The normalized spacial score (nSPS) is 27.5. The lowest BCUT2D eigenvalue weighted by Crippen LogP contribution is -2.16. The minimum atomic E-state index is 0.798. The highest BCUT2D eigenvalue weighted by Crippen LogP contribution is 2.29. The number of hydrogen-bond acceptors (Lipinski definition) is 2. The van der Waals surface area contributed by atoms with Crippen molar-refractivity contribution in [2.24, 2.45) is 5.92 Å². The third-order valence-corrected chi connectivity index (χ3v) is 3.63. The molecule has 66 valence electrons. The molecule has 2 unspecified atom stereocenters. The van der Waals surface area contributed by atoms with E-state index in [1.165, 1.54) is 16.9 Å². The van der Waals surface area contributed by atoms with Gasteiger partial charge in [-0.25, -0.2) is 0 Å². The van der Waals surface area contributed by atoms with Crippen LogP contribution in [-0.2, 0) is 6.54 Å². The Labute approximate surface area is 77.8 Å². The molecule has 1 aliphatic rings. The molecule has 0 amide bonds. The summed E-state index contributed by atoms with van der Waals surface area (Å²) in [6.45, 7) is 5.56. The molecule has 2 rings (SSSR count). The van der Waals surface area contributed by atoms with Crippen LogP contribution in [0.1, 0.15) is 23.8 Å². The monoisotopic (exact) mass is 181 g/mol. The maximum atomic E-state index is 3.56. The highest BCUT2D eigenvalue weighted by molar-refractivity contribution is 7.10. The Hall–Kier alpha value is -0.340. The van der Waals surface area contributed by atoms with Gasteiger partial charge in [-0.15, -0.1) is 11.3 Å². The topological polar surface area (TPSA) is 12.0 Å². The average Bonchev–Trinajstić information content (AvgIpc) is 2.57. The Morgan fingerprint density at radius 3 is 2.92 bits per heavy atom. The first kappa shape index (κ1) is 8.27. The quantitative estimate of drug-likeness (QED) is 0.755. The van der Waals surface area contributed by atoms with Gasteiger partial charge in [-0.05, 0) is 36.3 Å². The summed E-state index contributed by atoms with van der Waals surface area (Å²) in [6.07, 6.45) is 1.37. The van der Waals surface area contributed by atoms with Crippen LogP contribution in [0.4, 0.5) is 0 Å². The van der Waals surface area contributed by atoms with Gasteiger partial charge in [0.1, 0.15) is 0 Å². The second-order valence-corrected chi connectivity index (χ2v) is 4.73. The zero-order chi connectivity index (χ0) is 8.55. The zero-order valence-corrected chi connectivity index (χ0v) is 8.45. The Morgan fingerprint density at radius 1 is 1.67 bits per heavy atom. The van der Waals surface area contributed by atoms with E-state index in [-0.39, 0.29) is 0 Å². The molecule has 0 bridgehead atoms. The summed E-state index contributed by atoms with van der Waals surface area (Å²) in [6, 6.07) is 2.99. The van der Waals surface area contributed by atoms with Crippen molar-refractivity contribution in [3.8, 4) is 0 Å². The van der Waals surface area contributed by atoms with E-state index >= 15 is 0 Å². The van der Waals surface area contributed by atoms with Crippen LogP contribution in [0.5, 0.6) is 0 Å². The van der Waals surface area contributed by atoms with Crippen LogP contribution in [0, 0.1) is 12.8 Å². The van der Waals surface area contributed by atoms with E-state index in [1.807, 2.05) is 11.3 Å². The first-order chi connectivity index (χ1) is 5.77. The fourth-order valence-electron chi connectivity index (χ4n) is 1.42. The molecule has 0 radical (unpaired) electrons. The summed E-state index contributed by atoms with van der Waals surface area (Å²) in [5.41, 5.74) is 1.43. The highest BCUT2D eigenvalue weighted by Gasteiger charge is 2.31. The molecule has 0 saturated heterocycles. The Bertz CT molecular complexity index is 267. The largest absolute Gasteiger partial charge is 0.309 e. The molecule has 1 aromatic heterocycles. The van der Waals surface area contributed by atoms with Crippen LogP contribution in [-0.4, -0.2) is 6.04 Å². The molecule has 1 aliphatic carbocycles. The van der Waals surface area contributed by atoms with Gasteiger partial charge in [0.15, 0.2) is 0 Å². The van der Waals surface area contributed by atoms with E-state index in [4.69, 9.17) is 0 Å². The smallest absolute Gasteiger partial charge is 0.0305 e. The van der Waals surface area contributed by atoms with Gasteiger partial charge in [-0.3, -0.25) is 0 Å². The van der Waals surface area contributed by atoms with Crippen LogP contribution in [0.3, 0.4) is 0 Å². The lowest BCUT2D eigenvalue weighted by atomic mass is 10.3. The summed E-state index contributed by atoms with van der Waals surface area (Å²) < 4.78 is 0. The lowest BCUT2D eigenvalue weighted by Gasteiger charge is -2.01. The number of hydrogen-bond donors (Lipinski definition) is 1. The second-order valence-electron chi connectivity index (χ2n) is 3.73. The molecule has 0 aliphatic heterocycles. The Morgan fingerprint density at radius 2 is 2.42 bits per heavy atom. The summed E-state index contributed by atoms with van der Waals surface area (Å²) in [4.78, 5) is 1.49. The van der Waals surface area contributed by atoms with Crippen LogP contribution < -0.4 is 5.32 Å². The van der Waals surface area contributed by atoms with Crippen molar-refractivity contribution in [3.05, 3.63) is 21.9 Å². The molecule has 1 fully saturated rings. The fraction of sp³-hybridized carbons (Fsp3) is 0.600. The van der Waals surface area contributed by atoms with Crippen molar-refractivity contribution in [3.63, 3.8) is 0 Å². The molecular formula is C10H15NS. The third kappa shape index (κ3) is 1.70. The number of nitrogens with one attached hydrogen (secondary N) is 1. The minimum absolute atomic E-state index is 0.798. The van der Waals surface area contributed by atoms with Crippen molar-refractivity contribution >= 4 is 11.3 Å². The second kappa shape index (κ2) is 3.19. The van der Waals surface area contributed by atoms with E-state index < -0.39 is 0 Å². The molecule has 0 spiro atoms. The number of thiophene rings is 1. The van der Waals surface area contributed by atoms with Crippen LogP contribution in [0.25, 0.3) is 0 Å². The van der Waals surface area contributed by atoms with Gasteiger partial charge in [-0.2, -0.15) is 0 Å². The van der Waals surface area contributed by atoms with Crippen molar-refractivity contribution < 1.29 is 0 Å². The van der Waals surface area contributed by atoms with Crippen LogP contribution in [0.2, 0.25) is 0 Å². The van der Waals surface area contributed by atoms with E-state index in [1.54, 1.807) is 0 Å². The Balaban J connectivity index is 1.84. The summed E-state index contributed by atoms with van der Waals surface area (Å²) in [5.74, 6) is 0.908. The van der Waals surface area contributed by atoms with E-state index in [0.717, 1.165) is 18.5 Å². The lowest BCUT2D eigenvalue weighted by molar-refractivity contribution is 0.657. The van der Waals surface area contributed by atoms with Crippen molar-refractivity contribution in [1.29, 1.82) is 0 Å². The van der Waals surface area contributed by atoms with Gasteiger partial charge >= 0.3 is 0 Å². The highest BCUT2D eigenvalue weighted by atomic mass is 32.1. The van der Waals surface area contributed by atoms with Crippen LogP contribution in [0.15, 0.2) is 11.4 Å². The van der Waals surface area contributed by atoms with Gasteiger partial charge in [0.05, 0.1) is 0 Å². The van der Waals surface area contributed by atoms with Crippen LogP contribution >= 0.6 is 11.3 Å². The summed E-state index contributed by atoms with van der Waals surface area (Å²) in [5, 5.41) is 5.73. The fourth-order valence-corrected chi connectivity index (χ4v) is 2.27. The first-order valence-electron chi connectivity index (χ1n) is 4.53. The molecule has 2 heteroatoms. The predicted octanol–water partition coefficient (Wildman–Crippen LogP) is 2.55. The van der Waals surface area contributed by atoms with Gasteiger partial charge < -0.3 is 5.32 Å².